The molecule has 0 amide bonds. The van der Waals surface area contributed by atoms with Crippen LogP contribution in [0.1, 0.15) is 18.4 Å². The lowest BCUT2D eigenvalue weighted by Crippen LogP contribution is -2.40. The molecular formula is C26H25BrN4O4S2. The molecule has 0 N–H and O–H groups in total. The average molecular weight is 602 g/mol. The Bertz CT molecular complexity index is 1600. The van der Waals surface area contributed by atoms with Crippen molar-refractivity contribution in [2.45, 2.75) is 18.7 Å². The number of ether oxygens (including phenoxy) is 1. The van der Waals surface area contributed by atoms with E-state index >= 15 is 0 Å². The van der Waals surface area contributed by atoms with Gasteiger partial charge in [-0.15, -0.1) is 11.3 Å². The lowest BCUT2D eigenvalue weighted by atomic mass is 10.2. The molecule has 11 heteroatoms. The van der Waals surface area contributed by atoms with Gasteiger partial charge in [0.2, 0.25) is 14.8 Å². The minimum absolute atomic E-state index is 0.241. The summed E-state index contributed by atoms with van der Waals surface area (Å²) in [5, 5.41) is 6.85. The van der Waals surface area contributed by atoms with Gasteiger partial charge in [0.1, 0.15) is 17.2 Å². The molecule has 0 saturated carbocycles. The molecule has 1 aliphatic heterocycles. The highest BCUT2D eigenvalue weighted by atomic mass is 79.9. The smallest absolute Gasteiger partial charge is 0.243 e. The number of benzene rings is 2. The zero-order valence-corrected chi connectivity index (χ0v) is 23.5. The van der Waals surface area contributed by atoms with Gasteiger partial charge in [-0.2, -0.15) is 9.41 Å². The number of rotatable bonds is 6. The van der Waals surface area contributed by atoms with Crippen LogP contribution in [0.2, 0.25) is 0 Å². The van der Waals surface area contributed by atoms with Crippen LogP contribution in [0.4, 0.5) is 5.69 Å². The molecule has 3 heterocycles. The van der Waals surface area contributed by atoms with E-state index in [2.05, 4.69) is 15.9 Å². The molecule has 0 unspecified atom stereocenters. The van der Waals surface area contributed by atoms with E-state index in [0.29, 0.717) is 48.3 Å². The summed E-state index contributed by atoms with van der Waals surface area (Å²) in [7, 11) is -3.57. The van der Waals surface area contributed by atoms with E-state index in [1.54, 1.807) is 28.9 Å². The number of nitrogens with zero attached hydrogens (tertiary/aromatic N) is 4. The fraction of sp³-hybridized carbons (Fsp3) is 0.231. The number of hydrogen-bond donors (Lipinski definition) is 0. The Morgan fingerprint density at radius 1 is 1.00 bits per heavy atom. The van der Waals surface area contributed by atoms with Crippen LogP contribution in [0.25, 0.3) is 11.3 Å². The normalized spacial score (nSPS) is 15.9. The summed E-state index contributed by atoms with van der Waals surface area (Å²) >= 11 is 4.94. The maximum Gasteiger partial charge on any atom is 0.243 e. The van der Waals surface area contributed by atoms with Crippen molar-refractivity contribution in [2.75, 3.05) is 26.3 Å². The Morgan fingerprint density at radius 2 is 1.70 bits per heavy atom. The Balaban J connectivity index is 1.54. The van der Waals surface area contributed by atoms with Crippen molar-refractivity contribution >= 4 is 48.7 Å². The molecule has 0 atom stereocenters. The first-order chi connectivity index (χ1) is 17.8. The largest absolute Gasteiger partial charge is 0.460 e. The first-order valence-electron chi connectivity index (χ1n) is 11.6. The molecule has 2 aromatic carbocycles. The van der Waals surface area contributed by atoms with Gasteiger partial charge < -0.3 is 9.15 Å². The first kappa shape index (κ1) is 25.8. The third kappa shape index (κ3) is 5.70. The predicted octanol–water partition coefficient (Wildman–Crippen LogP) is 5.41. The molecular weight excluding hydrogens is 576 g/mol. The van der Waals surface area contributed by atoms with Crippen LogP contribution in [-0.2, 0) is 14.8 Å². The van der Waals surface area contributed by atoms with Crippen LogP contribution in [-0.4, -0.2) is 49.4 Å². The third-order valence-corrected chi connectivity index (χ3v) is 9.10. The highest BCUT2D eigenvalue weighted by molar-refractivity contribution is 9.10. The zero-order chi connectivity index (χ0) is 26.0. The van der Waals surface area contributed by atoms with Gasteiger partial charge in [-0.05, 0) is 62.4 Å². The topological polar surface area (TPSA) is 89.4 Å². The molecule has 4 aromatic rings. The minimum atomic E-state index is -3.57. The van der Waals surface area contributed by atoms with Crippen molar-refractivity contribution < 1.29 is 17.6 Å². The molecule has 0 radical (unpaired) electrons. The highest BCUT2D eigenvalue weighted by Gasteiger charge is 2.26. The quantitative estimate of drug-likeness (QED) is 0.277. The van der Waals surface area contributed by atoms with Gasteiger partial charge in [-0.3, -0.25) is 0 Å². The molecule has 0 aliphatic carbocycles. The van der Waals surface area contributed by atoms with Gasteiger partial charge in [-0.1, -0.05) is 28.1 Å². The molecule has 8 nitrogen and oxygen atoms in total. The number of furan rings is 1. The number of morpholine rings is 1. The van der Waals surface area contributed by atoms with E-state index in [9.17, 15) is 8.42 Å². The number of sulfonamides is 1. The van der Waals surface area contributed by atoms with Gasteiger partial charge >= 0.3 is 0 Å². The Labute approximate surface area is 227 Å². The molecule has 1 aliphatic rings. The van der Waals surface area contributed by atoms with Crippen LogP contribution in [0.5, 0.6) is 0 Å². The van der Waals surface area contributed by atoms with Crippen molar-refractivity contribution in [1.29, 1.82) is 0 Å². The van der Waals surface area contributed by atoms with Crippen LogP contribution in [0, 0.1) is 6.92 Å². The van der Waals surface area contributed by atoms with Gasteiger partial charge in [0.25, 0.3) is 0 Å². The summed E-state index contributed by atoms with van der Waals surface area (Å²) in [6.07, 6.45) is 0. The third-order valence-electron chi connectivity index (χ3n) is 5.84. The van der Waals surface area contributed by atoms with Crippen molar-refractivity contribution in [2.24, 2.45) is 10.1 Å². The van der Waals surface area contributed by atoms with Gasteiger partial charge in [0, 0.05) is 28.5 Å². The predicted molar refractivity (Wildman–Crippen MR) is 148 cm³/mol. The van der Waals surface area contributed by atoms with E-state index in [0.717, 1.165) is 21.5 Å². The summed E-state index contributed by atoms with van der Waals surface area (Å²) in [6.45, 7) is 5.31. The SMILES string of the molecule is CC(=Nn1c(-c2ccc(Br)cc2)csc1=Nc1ccc(S(=O)(=O)N2CCOCC2)cc1)c1ccc(C)o1. The highest BCUT2D eigenvalue weighted by Crippen LogP contribution is 2.25. The molecule has 37 heavy (non-hydrogen) atoms. The number of thiazole rings is 1. The van der Waals surface area contributed by atoms with Crippen molar-refractivity contribution in [3.63, 3.8) is 0 Å². The molecule has 5 rings (SSSR count). The minimum Gasteiger partial charge on any atom is -0.460 e. The molecule has 192 valence electrons. The van der Waals surface area contributed by atoms with E-state index < -0.39 is 10.0 Å². The summed E-state index contributed by atoms with van der Waals surface area (Å²) in [6, 6.07) is 18.4. The second-order valence-electron chi connectivity index (χ2n) is 8.44. The van der Waals surface area contributed by atoms with Crippen LogP contribution < -0.4 is 4.80 Å². The summed E-state index contributed by atoms with van der Waals surface area (Å²) in [4.78, 5) is 5.68. The van der Waals surface area contributed by atoms with Gasteiger partial charge in [0.05, 0.1) is 29.5 Å². The fourth-order valence-electron chi connectivity index (χ4n) is 3.86. The molecule has 0 spiro atoms. The van der Waals surface area contributed by atoms with Gasteiger partial charge in [0.15, 0.2) is 0 Å². The second-order valence-corrected chi connectivity index (χ2v) is 12.1. The average Bonchev–Trinajstić information content (AvgIpc) is 3.52. The number of halogens is 1. The van der Waals surface area contributed by atoms with Crippen LogP contribution in [0.3, 0.4) is 0 Å². The van der Waals surface area contributed by atoms with Gasteiger partial charge in [-0.25, -0.2) is 18.1 Å². The van der Waals surface area contributed by atoms with Crippen molar-refractivity contribution in [3.8, 4) is 11.3 Å². The summed E-state index contributed by atoms with van der Waals surface area (Å²) in [5.41, 5.74) is 3.20. The Hall–Kier alpha value is -2.83. The molecule has 1 saturated heterocycles. The maximum absolute atomic E-state index is 13.0. The van der Waals surface area contributed by atoms with E-state index in [4.69, 9.17) is 19.2 Å². The van der Waals surface area contributed by atoms with Crippen LogP contribution >= 0.6 is 27.3 Å². The van der Waals surface area contributed by atoms with Crippen molar-refractivity contribution in [1.82, 2.24) is 8.98 Å². The molecule has 1 fully saturated rings. The number of aryl methyl sites for hydroxylation is 1. The van der Waals surface area contributed by atoms with E-state index in [-0.39, 0.29) is 4.90 Å². The maximum atomic E-state index is 13.0. The lowest BCUT2D eigenvalue weighted by Gasteiger charge is -2.26. The van der Waals surface area contributed by atoms with E-state index in [1.807, 2.05) is 55.6 Å². The second kappa shape index (κ2) is 10.9. The van der Waals surface area contributed by atoms with Crippen LogP contribution in [0.15, 0.2) is 89.9 Å². The zero-order valence-electron chi connectivity index (χ0n) is 20.3. The summed E-state index contributed by atoms with van der Waals surface area (Å²) < 4.78 is 41.2. The number of aromatic nitrogens is 1. The number of hydrogen-bond acceptors (Lipinski definition) is 7. The first-order valence-corrected chi connectivity index (χ1v) is 14.7. The summed E-state index contributed by atoms with van der Waals surface area (Å²) in [5.74, 6) is 1.49. The monoisotopic (exact) mass is 600 g/mol. The van der Waals surface area contributed by atoms with Crippen molar-refractivity contribution in [3.05, 3.63) is 86.8 Å². The standard InChI is InChI=1S/C26H25BrN4O4S2/c1-18-3-12-25(35-18)19(2)29-31-24(20-4-6-21(27)7-5-20)17-36-26(31)28-22-8-10-23(11-9-22)37(32,33)30-13-15-34-16-14-30/h3-12,17H,13-16H2,1-2H3. The fourth-order valence-corrected chi connectivity index (χ4v) is 6.38. The van der Waals surface area contributed by atoms with E-state index in [1.165, 1.54) is 15.6 Å². The molecule has 2 aromatic heterocycles. The molecule has 0 bridgehead atoms. The Kier molecular flexibility index (Phi) is 7.59. The lowest BCUT2D eigenvalue weighted by molar-refractivity contribution is 0.0730. The Morgan fingerprint density at radius 3 is 2.35 bits per heavy atom.